The summed E-state index contributed by atoms with van der Waals surface area (Å²) < 4.78 is 0. The fourth-order valence-electron chi connectivity index (χ4n) is 1.70. The lowest BCUT2D eigenvalue weighted by atomic mass is 10.2. The minimum atomic E-state index is -0.583. The van der Waals surface area contributed by atoms with Crippen molar-refractivity contribution in [3.63, 3.8) is 0 Å². The van der Waals surface area contributed by atoms with Gasteiger partial charge in [-0.15, -0.1) is 0 Å². The Hall–Kier alpha value is -2.82. The van der Waals surface area contributed by atoms with Crippen molar-refractivity contribution in [3.8, 4) is 0 Å². The summed E-state index contributed by atoms with van der Waals surface area (Å²) in [6.07, 6.45) is 0. The third kappa shape index (κ3) is 2.71. The highest BCUT2D eigenvalue weighted by Gasteiger charge is 2.21. The number of oxime groups is 1. The highest BCUT2D eigenvalue weighted by atomic mass is 16.4. The molecule has 96 valence electrons. The normalized spacial score (nSPS) is 11.1. The number of hydrogen-bond donors (Lipinski definition) is 2. The molecule has 0 saturated carbocycles. The Morgan fingerprint density at radius 3 is 1.74 bits per heavy atom. The molecule has 1 amide bonds. The minimum Gasteiger partial charge on any atom is -0.409 e. The maximum absolute atomic E-state index is 12.2. The predicted octanol–water partition coefficient (Wildman–Crippen LogP) is 2.10. The fraction of sp³-hybridized carbons (Fsp3) is 0. The van der Waals surface area contributed by atoms with Crippen molar-refractivity contribution in [2.75, 3.05) is 4.90 Å². The van der Waals surface area contributed by atoms with E-state index in [-0.39, 0.29) is 0 Å². The van der Waals surface area contributed by atoms with E-state index in [1.807, 2.05) is 36.4 Å². The number of rotatable bonds is 2. The lowest BCUT2D eigenvalue weighted by molar-refractivity contribution is -0.112. The molecule has 0 heterocycles. The van der Waals surface area contributed by atoms with Crippen LogP contribution < -0.4 is 10.6 Å². The second-order valence-corrected chi connectivity index (χ2v) is 3.80. The summed E-state index contributed by atoms with van der Waals surface area (Å²) in [5.41, 5.74) is 6.69. The first-order chi connectivity index (χ1) is 9.24. The molecule has 0 saturated heterocycles. The molecule has 2 aromatic rings. The average Bonchev–Trinajstić information content (AvgIpc) is 2.49. The molecule has 5 nitrogen and oxygen atoms in total. The second-order valence-electron chi connectivity index (χ2n) is 3.80. The minimum absolute atomic E-state index is 0.465. The molecule has 5 heteroatoms. The summed E-state index contributed by atoms with van der Waals surface area (Å²) in [6.45, 7) is 0. The van der Waals surface area contributed by atoms with Crippen LogP contribution in [0, 0.1) is 0 Å². The van der Waals surface area contributed by atoms with E-state index >= 15 is 0 Å². The van der Waals surface area contributed by atoms with Crippen molar-refractivity contribution < 1.29 is 10.0 Å². The van der Waals surface area contributed by atoms with Crippen molar-refractivity contribution in [2.24, 2.45) is 10.9 Å². The summed E-state index contributed by atoms with van der Waals surface area (Å²) in [5.74, 6) is -1.05. The molecule has 0 unspecified atom stereocenters. The lowest BCUT2D eigenvalue weighted by Gasteiger charge is -2.22. The zero-order valence-electron chi connectivity index (χ0n) is 10.1. The number of amidine groups is 1. The van der Waals surface area contributed by atoms with Crippen molar-refractivity contribution >= 4 is 23.1 Å². The summed E-state index contributed by atoms with van der Waals surface area (Å²) in [5, 5.41) is 11.4. The van der Waals surface area contributed by atoms with E-state index in [9.17, 15) is 4.79 Å². The van der Waals surface area contributed by atoms with Crippen LogP contribution in [-0.4, -0.2) is 17.0 Å². The van der Waals surface area contributed by atoms with Gasteiger partial charge in [-0.1, -0.05) is 41.6 Å². The molecule has 0 bridgehead atoms. The molecule has 0 atom stereocenters. The molecule has 19 heavy (non-hydrogen) atoms. The van der Waals surface area contributed by atoms with Crippen LogP contribution in [0.5, 0.6) is 0 Å². The van der Waals surface area contributed by atoms with Crippen LogP contribution in [0.2, 0.25) is 0 Å². The molecular weight excluding hydrogens is 242 g/mol. The molecule has 0 radical (unpaired) electrons. The topological polar surface area (TPSA) is 78.9 Å². The number of nitrogens with two attached hydrogens (primary N) is 1. The first-order valence-electron chi connectivity index (χ1n) is 5.66. The lowest BCUT2D eigenvalue weighted by Crippen LogP contribution is -2.37. The largest absolute Gasteiger partial charge is 0.409 e. The van der Waals surface area contributed by atoms with Gasteiger partial charge in [-0.3, -0.25) is 9.69 Å². The number of nitrogens with zero attached hydrogens (tertiary/aromatic N) is 2. The quantitative estimate of drug-likeness (QED) is 0.373. The van der Waals surface area contributed by atoms with Gasteiger partial charge in [-0.2, -0.15) is 0 Å². The van der Waals surface area contributed by atoms with Gasteiger partial charge >= 0.3 is 5.91 Å². The zero-order valence-corrected chi connectivity index (χ0v) is 10.1. The molecule has 0 aromatic heterocycles. The maximum Gasteiger partial charge on any atom is 0.301 e. The monoisotopic (exact) mass is 255 g/mol. The molecule has 0 spiro atoms. The van der Waals surface area contributed by atoms with Crippen LogP contribution in [0.25, 0.3) is 0 Å². The van der Waals surface area contributed by atoms with Crippen LogP contribution in [0.15, 0.2) is 65.8 Å². The average molecular weight is 255 g/mol. The van der Waals surface area contributed by atoms with Gasteiger partial charge < -0.3 is 10.9 Å². The maximum atomic E-state index is 12.2. The van der Waals surface area contributed by atoms with Crippen LogP contribution in [-0.2, 0) is 4.79 Å². The van der Waals surface area contributed by atoms with Crippen LogP contribution in [0.4, 0.5) is 11.4 Å². The van der Waals surface area contributed by atoms with Crippen molar-refractivity contribution in [3.05, 3.63) is 60.7 Å². The molecule has 0 fully saturated rings. The van der Waals surface area contributed by atoms with Crippen molar-refractivity contribution in [2.45, 2.75) is 0 Å². The number of carbonyl (C=O) groups excluding carboxylic acids is 1. The van der Waals surface area contributed by atoms with E-state index in [4.69, 9.17) is 10.9 Å². The highest BCUT2D eigenvalue weighted by molar-refractivity contribution is 6.43. The first kappa shape index (κ1) is 12.6. The van der Waals surface area contributed by atoms with Gasteiger partial charge in [0.2, 0.25) is 5.84 Å². The van der Waals surface area contributed by atoms with E-state index < -0.39 is 11.7 Å². The molecule has 3 N–H and O–H groups in total. The van der Waals surface area contributed by atoms with Gasteiger partial charge in [-0.05, 0) is 24.3 Å². The van der Waals surface area contributed by atoms with Gasteiger partial charge in [0.15, 0.2) is 0 Å². The number of anilines is 2. The summed E-state index contributed by atoms with van der Waals surface area (Å²) in [6, 6.07) is 18.0. The molecule has 0 aliphatic carbocycles. The Morgan fingerprint density at radius 1 is 0.947 bits per heavy atom. The van der Waals surface area contributed by atoms with Gasteiger partial charge in [0.1, 0.15) is 0 Å². The molecule has 2 rings (SSSR count). The van der Waals surface area contributed by atoms with Crippen LogP contribution in [0.3, 0.4) is 0 Å². The van der Waals surface area contributed by atoms with E-state index in [0.717, 1.165) is 0 Å². The molecule has 0 aliphatic heterocycles. The smallest absolute Gasteiger partial charge is 0.301 e. The van der Waals surface area contributed by atoms with E-state index in [1.165, 1.54) is 4.90 Å². The third-order valence-corrected chi connectivity index (χ3v) is 2.56. The summed E-state index contributed by atoms with van der Waals surface area (Å²) in [4.78, 5) is 13.6. The Labute approximate surface area is 110 Å². The summed E-state index contributed by atoms with van der Waals surface area (Å²) in [7, 11) is 0. The van der Waals surface area contributed by atoms with Crippen LogP contribution >= 0.6 is 0 Å². The predicted molar refractivity (Wildman–Crippen MR) is 73.4 cm³/mol. The van der Waals surface area contributed by atoms with E-state index in [1.54, 1.807) is 24.3 Å². The second kappa shape index (κ2) is 5.68. The van der Waals surface area contributed by atoms with E-state index in [2.05, 4.69) is 5.16 Å². The highest BCUT2D eigenvalue weighted by Crippen LogP contribution is 2.24. The number of para-hydroxylation sites is 2. The number of amides is 1. The van der Waals surface area contributed by atoms with Crippen LogP contribution in [0.1, 0.15) is 0 Å². The third-order valence-electron chi connectivity index (χ3n) is 2.56. The Bertz CT molecular complexity index is 543. The zero-order chi connectivity index (χ0) is 13.7. The Balaban J connectivity index is 2.49. The Morgan fingerprint density at radius 2 is 1.37 bits per heavy atom. The van der Waals surface area contributed by atoms with Gasteiger partial charge in [0.05, 0.1) is 0 Å². The standard InChI is InChI=1S/C14H13N3O2/c15-13(16-19)14(18)17(11-7-3-1-4-8-11)12-9-5-2-6-10-12/h1-10,19H,(H2,15,16). The SMILES string of the molecule is N/C(=N\O)C(=O)N(c1ccccc1)c1ccccc1. The number of carbonyl (C=O) groups is 1. The molecule has 2 aromatic carbocycles. The number of benzene rings is 2. The van der Waals surface area contributed by atoms with Gasteiger partial charge in [0, 0.05) is 11.4 Å². The Kier molecular flexibility index (Phi) is 3.78. The number of hydrogen-bond acceptors (Lipinski definition) is 3. The summed E-state index contributed by atoms with van der Waals surface area (Å²) >= 11 is 0. The first-order valence-corrected chi connectivity index (χ1v) is 5.66. The van der Waals surface area contributed by atoms with Gasteiger partial charge in [0.25, 0.3) is 0 Å². The van der Waals surface area contributed by atoms with Crippen molar-refractivity contribution in [1.82, 2.24) is 0 Å². The molecular formula is C14H13N3O2. The van der Waals surface area contributed by atoms with Gasteiger partial charge in [-0.25, -0.2) is 0 Å². The van der Waals surface area contributed by atoms with Crippen molar-refractivity contribution in [1.29, 1.82) is 0 Å². The van der Waals surface area contributed by atoms with E-state index in [0.29, 0.717) is 11.4 Å². The molecule has 0 aliphatic rings. The fourth-order valence-corrected chi connectivity index (χ4v) is 1.70.